The lowest BCUT2D eigenvalue weighted by Crippen LogP contribution is -2.51. The van der Waals surface area contributed by atoms with Gasteiger partial charge in [-0.2, -0.15) is 0 Å². The van der Waals surface area contributed by atoms with Gasteiger partial charge < -0.3 is 15.6 Å². The van der Waals surface area contributed by atoms with Crippen molar-refractivity contribution in [2.45, 2.75) is 65.5 Å². The average Bonchev–Trinajstić information content (AvgIpc) is 2.83. The molecule has 1 aromatic heterocycles. The van der Waals surface area contributed by atoms with Crippen LogP contribution in [0.5, 0.6) is 0 Å². The number of halogens is 1. The SMILES string of the molecule is CCc1c(C(=O)N2CCCCC2C(C)N)[nH]c(C)c1C(C)=O.Cl. The lowest BCUT2D eigenvalue weighted by atomic mass is 9.95. The summed E-state index contributed by atoms with van der Waals surface area (Å²) in [6.45, 7) is 8.08. The third-order valence-corrected chi connectivity index (χ3v) is 4.63. The number of likely N-dealkylation sites (tertiary alicyclic amines) is 1. The number of carbonyl (C=O) groups is 2. The van der Waals surface area contributed by atoms with Crippen LogP contribution in [0.3, 0.4) is 0 Å². The van der Waals surface area contributed by atoms with Crippen molar-refractivity contribution in [2.24, 2.45) is 5.73 Å². The number of nitrogens with one attached hydrogen (secondary N) is 1. The number of ketones is 1. The smallest absolute Gasteiger partial charge is 0.270 e. The van der Waals surface area contributed by atoms with E-state index in [0.717, 1.165) is 37.1 Å². The van der Waals surface area contributed by atoms with Gasteiger partial charge >= 0.3 is 0 Å². The van der Waals surface area contributed by atoms with E-state index in [-0.39, 0.29) is 36.2 Å². The molecule has 2 heterocycles. The molecular formula is C17H28ClN3O2. The van der Waals surface area contributed by atoms with Gasteiger partial charge in [0.05, 0.1) is 0 Å². The summed E-state index contributed by atoms with van der Waals surface area (Å²) in [6, 6.07) is 0.0352. The van der Waals surface area contributed by atoms with Crippen molar-refractivity contribution >= 4 is 24.1 Å². The summed E-state index contributed by atoms with van der Waals surface area (Å²) in [7, 11) is 0. The highest BCUT2D eigenvalue weighted by Gasteiger charge is 2.32. The molecule has 0 aliphatic carbocycles. The maximum atomic E-state index is 13.0. The van der Waals surface area contributed by atoms with Crippen LogP contribution >= 0.6 is 12.4 Å². The van der Waals surface area contributed by atoms with Crippen molar-refractivity contribution in [3.8, 4) is 0 Å². The van der Waals surface area contributed by atoms with Gasteiger partial charge in [-0.05, 0) is 52.0 Å². The van der Waals surface area contributed by atoms with Crippen LogP contribution in [0.2, 0.25) is 0 Å². The number of amides is 1. The number of aromatic nitrogens is 1. The van der Waals surface area contributed by atoms with E-state index in [2.05, 4.69) is 4.98 Å². The number of aryl methyl sites for hydroxylation is 1. The highest BCUT2D eigenvalue weighted by molar-refractivity contribution is 6.02. The molecule has 3 N–H and O–H groups in total. The maximum Gasteiger partial charge on any atom is 0.270 e. The molecule has 0 radical (unpaired) electrons. The number of piperidine rings is 1. The predicted molar refractivity (Wildman–Crippen MR) is 94.5 cm³/mol. The molecule has 1 fully saturated rings. The van der Waals surface area contributed by atoms with Gasteiger partial charge in [0.1, 0.15) is 5.69 Å². The van der Waals surface area contributed by atoms with Crippen molar-refractivity contribution in [3.05, 3.63) is 22.5 Å². The quantitative estimate of drug-likeness (QED) is 0.826. The van der Waals surface area contributed by atoms with Gasteiger partial charge in [0.2, 0.25) is 0 Å². The van der Waals surface area contributed by atoms with Crippen molar-refractivity contribution in [3.63, 3.8) is 0 Å². The first kappa shape index (κ1) is 19.7. The average molecular weight is 342 g/mol. The second-order valence-electron chi connectivity index (χ2n) is 6.31. The second-order valence-corrected chi connectivity index (χ2v) is 6.31. The minimum absolute atomic E-state index is 0. The molecular weight excluding hydrogens is 314 g/mol. The van der Waals surface area contributed by atoms with E-state index in [1.807, 2.05) is 25.7 Å². The standard InChI is InChI=1S/C17H27N3O2.ClH/c1-5-13-15(12(4)21)11(3)19-16(13)17(22)20-9-7-6-8-14(20)10(2)18;/h10,14,19H,5-9,18H2,1-4H3;1H. The number of H-pyrrole nitrogens is 1. The molecule has 23 heavy (non-hydrogen) atoms. The number of hydrogen-bond acceptors (Lipinski definition) is 3. The zero-order valence-corrected chi connectivity index (χ0v) is 15.3. The minimum atomic E-state index is -0.0438. The maximum absolute atomic E-state index is 13.0. The Balaban J connectivity index is 0.00000264. The Labute approximate surface area is 144 Å². The van der Waals surface area contributed by atoms with Gasteiger partial charge in [-0.3, -0.25) is 9.59 Å². The van der Waals surface area contributed by atoms with Crippen molar-refractivity contribution in [2.75, 3.05) is 6.54 Å². The van der Waals surface area contributed by atoms with Gasteiger partial charge in [-0.25, -0.2) is 0 Å². The summed E-state index contributed by atoms with van der Waals surface area (Å²) in [4.78, 5) is 29.9. The fraction of sp³-hybridized carbons (Fsp3) is 0.647. The van der Waals surface area contributed by atoms with Gasteiger partial charge in [-0.1, -0.05) is 6.92 Å². The van der Waals surface area contributed by atoms with Crippen LogP contribution in [0, 0.1) is 6.92 Å². The van der Waals surface area contributed by atoms with Crippen LogP contribution < -0.4 is 5.73 Å². The van der Waals surface area contributed by atoms with E-state index in [9.17, 15) is 9.59 Å². The Kier molecular flexibility index (Phi) is 6.84. The van der Waals surface area contributed by atoms with E-state index >= 15 is 0 Å². The first-order chi connectivity index (χ1) is 10.4. The lowest BCUT2D eigenvalue weighted by Gasteiger charge is -2.38. The molecule has 1 aromatic rings. The first-order valence-corrected chi connectivity index (χ1v) is 8.17. The minimum Gasteiger partial charge on any atom is -0.354 e. The highest BCUT2D eigenvalue weighted by Crippen LogP contribution is 2.26. The topological polar surface area (TPSA) is 79.2 Å². The predicted octanol–water partition coefficient (Wildman–Crippen LogP) is 2.85. The van der Waals surface area contributed by atoms with Gasteiger partial charge in [0.15, 0.2) is 5.78 Å². The Morgan fingerprint density at radius 2 is 2.04 bits per heavy atom. The number of aromatic amines is 1. The summed E-state index contributed by atoms with van der Waals surface area (Å²) < 4.78 is 0. The molecule has 1 aliphatic heterocycles. The summed E-state index contributed by atoms with van der Waals surface area (Å²) >= 11 is 0. The Morgan fingerprint density at radius 3 is 2.57 bits per heavy atom. The molecule has 1 aliphatic rings. The van der Waals surface area contributed by atoms with Gasteiger partial charge in [0.25, 0.3) is 5.91 Å². The molecule has 2 rings (SSSR count). The normalized spacial score (nSPS) is 19.2. The summed E-state index contributed by atoms with van der Waals surface area (Å²) in [5.74, 6) is -0.0125. The van der Waals surface area contributed by atoms with E-state index in [4.69, 9.17) is 5.73 Å². The third kappa shape index (κ3) is 3.78. The number of Topliss-reactive ketones (excluding diaryl/α,β-unsaturated/α-hetero) is 1. The fourth-order valence-electron chi connectivity index (χ4n) is 3.59. The molecule has 0 saturated carbocycles. The molecule has 0 aromatic carbocycles. The number of nitrogens with two attached hydrogens (primary N) is 1. The third-order valence-electron chi connectivity index (χ3n) is 4.63. The van der Waals surface area contributed by atoms with Crippen molar-refractivity contribution < 1.29 is 9.59 Å². The van der Waals surface area contributed by atoms with Gasteiger partial charge in [-0.15, -0.1) is 12.4 Å². The van der Waals surface area contributed by atoms with Gasteiger partial charge in [0, 0.05) is 29.9 Å². The Morgan fingerprint density at radius 1 is 1.39 bits per heavy atom. The molecule has 130 valence electrons. The molecule has 2 atom stereocenters. The van der Waals surface area contributed by atoms with Crippen LogP contribution in [-0.4, -0.2) is 40.2 Å². The molecule has 0 bridgehead atoms. The lowest BCUT2D eigenvalue weighted by molar-refractivity contribution is 0.0577. The Bertz CT molecular complexity index is 581. The second kappa shape index (κ2) is 7.97. The van der Waals surface area contributed by atoms with E-state index < -0.39 is 0 Å². The molecule has 1 saturated heterocycles. The molecule has 0 spiro atoms. The monoisotopic (exact) mass is 341 g/mol. The van der Waals surface area contributed by atoms with Crippen molar-refractivity contribution in [1.82, 2.24) is 9.88 Å². The summed E-state index contributed by atoms with van der Waals surface area (Å²) in [5, 5.41) is 0. The number of rotatable bonds is 4. The van der Waals surface area contributed by atoms with E-state index in [1.54, 1.807) is 6.92 Å². The fourth-order valence-corrected chi connectivity index (χ4v) is 3.59. The van der Waals surface area contributed by atoms with E-state index in [0.29, 0.717) is 17.7 Å². The van der Waals surface area contributed by atoms with Crippen LogP contribution in [0.15, 0.2) is 0 Å². The molecule has 1 amide bonds. The first-order valence-electron chi connectivity index (χ1n) is 8.17. The largest absolute Gasteiger partial charge is 0.354 e. The summed E-state index contributed by atoms with van der Waals surface area (Å²) in [6.07, 6.45) is 3.73. The molecule has 6 heteroatoms. The number of nitrogens with zero attached hydrogens (tertiary/aromatic N) is 1. The summed E-state index contributed by atoms with van der Waals surface area (Å²) in [5.41, 5.74) is 8.92. The van der Waals surface area contributed by atoms with E-state index in [1.165, 1.54) is 0 Å². The number of carbonyl (C=O) groups excluding carboxylic acids is 2. The highest BCUT2D eigenvalue weighted by atomic mass is 35.5. The zero-order chi connectivity index (χ0) is 16.4. The van der Waals surface area contributed by atoms with Crippen molar-refractivity contribution in [1.29, 1.82) is 0 Å². The van der Waals surface area contributed by atoms with Crippen LogP contribution in [-0.2, 0) is 6.42 Å². The molecule has 5 nitrogen and oxygen atoms in total. The van der Waals surface area contributed by atoms with Crippen LogP contribution in [0.4, 0.5) is 0 Å². The van der Waals surface area contributed by atoms with Crippen LogP contribution in [0.1, 0.15) is 72.1 Å². The number of hydrogen-bond donors (Lipinski definition) is 2. The zero-order valence-electron chi connectivity index (χ0n) is 14.4. The Hall–Kier alpha value is -1.33. The molecule has 2 unspecified atom stereocenters. The van der Waals surface area contributed by atoms with Crippen LogP contribution in [0.25, 0.3) is 0 Å².